The van der Waals surface area contributed by atoms with Crippen LogP contribution in [0.15, 0.2) is 0 Å². The second-order valence-electron chi connectivity index (χ2n) is 2.67. The summed E-state index contributed by atoms with van der Waals surface area (Å²) in [6.45, 7) is 14.9. The molecule has 0 aromatic rings. The van der Waals surface area contributed by atoms with Crippen molar-refractivity contribution in [2.24, 2.45) is 0 Å². The zero-order valence-corrected chi connectivity index (χ0v) is 6.55. The maximum Gasteiger partial charge on any atom is 0.0915 e. The fourth-order valence-corrected chi connectivity index (χ4v) is 0.827. The van der Waals surface area contributed by atoms with Crippen LogP contribution >= 0.6 is 0 Å². The van der Waals surface area contributed by atoms with Gasteiger partial charge in [0.15, 0.2) is 0 Å². The Balaban J connectivity index is 3.87. The predicted molar refractivity (Wildman–Crippen MR) is 38.7 cm³/mol. The van der Waals surface area contributed by atoms with Crippen LogP contribution in [-0.4, -0.2) is 17.1 Å². The van der Waals surface area contributed by atoms with E-state index in [0.29, 0.717) is 12.1 Å². The number of hydrogen-bond acceptors (Lipinski definition) is 1. The van der Waals surface area contributed by atoms with Crippen LogP contribution in [0.3, 0.4) is 0 Å². The minimum Gasteiger partial charge on any atom is -0.184 e. The van der Waals surface area contributed by atoms with Gasteiger partial charge < -0.3 is 0 Å². The van der Waals surface area contributed by atoms with Crippen LogP contribution in [0.25, 0.3) is 4.95 Å². The van der Waals surface area contributed by atoms with E-state index < -0.39 is 0 Å². The molecule has 0 fully saturated rings. The van der Waals surface area contributed by atoms with E-state index >= 15 is 0 Å². The Bertz CT molecular complexity index is 103. The van der Waals surface area contributed by atoms with Crippen LogP contribution in [0.5, 0.6) is 0 Å². The lowest BCUT2D eigenvalue weighted by molar-refractivity contribution is 0.251. The van der Waals surface area contributed by atoms with E-state index in [4.69, 9.17) is 6.57 Å². The van der Waals surface area contributed by atoms with Crippen molar-refractivity contribution in [2.45, 2.75) is 39.8 Å². The molecule has 0 aliphatic rings. The van der Waals surface area contributed by atoms with Gasteiger partial charge in [-0.3, -0.25) is 0 Å². The zero-order valence-electron chi connectivity index (χ0n) is 6.55. The summed E-state index contributed by atoms with van der Waals surface area (Å²) in [5, 5.41) is 1.75. The quantitative estimate of drug-likeness (QED) is 0.405. The number of rotatable bonds is 2. The lowest BCUT2D eigenvalue weighted by Gasteiger charge is -2.17. The van der Waals surface area contributed by atoms with Gasteiger partial charge in [-0.15, -0.1) is 5.01 Å². The van der Waals surface area contributed by atoms with Crippen LogP contribution in [-0.2, 0) is 0 Å². The van der Waals surface area contributed by atoms with Crippen molar-refractivity contribution in [3.63, 3.8) is 0 Å². The van der Waals surface area contributed by atoms with Crippen molar-refractivity contribution in [1.82, 2.24) is 5.01 Å². The molecule has 0 aliphatic heterocycles. The maximum absolute atomic E-state index is 6.77. The Labute approximate surface area is 57.3 Å². The van der Waals surface area contributed by atoms with Gasteiger partial charge in [0.1, 0.15) is 0 Å². The zero-order chi connectivity index (χ0) is 7.44. The first kappa shape index (κ1) is 8.29. The van der Waals surface area contributed by atoms with Crippen LogP contribution in [0.2, 0.25) is 0 Å². The van der Waals surface area contributed by atoms with Crippen molar-refractivity contribution < 1.29 is 0 Å². The first-order valence-electron chi connectivity index (χ1n) is 3.25. The van der Waals surface area contributed by atoms with E-state index in [9.17, 15) is 0 Å². The molecule has 52 valence electrons. The molecule has 0 amide bonds. The molecule has 0 radical (unpaired) electrons. The second-order valence-corrected chi connectivity index (χ2v) is 2.67. The van der Waals surface area contributed by atoms with Crippen LogP contribution in [0, 0.1) is 6.57 Å². The highest BCUT2D eigenvalue weighted by atomic mass is 15.5. The summed E-state index contributed by atoms with van der Waals surface area (Å²) < 4.78 is 0. The Kier molecular flexibility index (Phi) is 3.08. The third kappa shape index (κ3) is 2.36. The molecule has 0 unspecified atom stereocenters. The molecule has 9 heavy (non-hydrogen) atoms. The molecule has 0 bridgehead atoms. The maximum atomic E-state index is 6.77. The minimum absolute atomic E-state index is 0.336. The van der Waals surface area contributed by atoms with Crippen LogP contribution < -0.4 is 0 Å². The van der Waals surface area contributed by atoms with Gasteiger partial charge in [-0.25, -0.2) is 0 Å². The molecular formula is C7H14N2. The van der Waals surface area contributed by atoms with Crippen LogP contribution in [0.4, 0.5) is 0 Å². The second kappa shape index (κ2) is 3.34. The largest absolute Gasteiger partial charge is 0.184 e. The van der Waals surface area contributed by atoms with Gasteiger partial charge in [0.25, 0.3) is 0 Å². The van der Waals surface area contributed by atoms with Gasteiger partial charge in [-0.05, 0) is 27.7 Å². The molecule has 2 nitrogen and oxygen atoms in total. The van der Waals surface area contributed by atoms with Crippen molar-refractivity contribution in [2.75, 3.05) is 0 Å². The summed E-state index contributed by atoms with van der Waals surface area (Å²) in [6, 6.07) is 0.671. The standard InChI is InChI=1S/C7H14N2/c1-6(2)9(8-5)7(3)4/h6-7H,1-4H3. The lowest BCUT2D eigenvalue weighted by Crippen LogP contribution is -2.30. The van der Waals surface area contributed by atoms with Gasteiger partial charge in [0.2, 0.25) is 0 Å². The Hall–Kier alpha value is -0.710. The normalized spacial score (nSPS) is 9.89. The summed E-state index contributed by atoms with van der Waals surface area (Å²) in [5.41, 5.74) is 0. The van der Waals surface area contributed by atoms with Gasteiger partial charge in [0, 0.05) is 0 Å². The van der Waals surface area contributed by atoms with Crippen molar-refractivity contribution in [3.8, 4) is 0 Å². The average Bonchev–Trinajstić information content (AvgIpc) is 1.64. The molecule has 0 aromatic heterocycles. The van der Waals surface area contributed by atoms with E-state index in [1.807, 2.05) is 27.7 Å². The highest BCUT2D eigenvalue weighted by molar-refractivity contribution is 4.69. The number of hydrogen-bond donors (Lipinski definition) is 0. The van der Waals surface area contributed by atoms with Crippen LogP contribution in [0.1, 0.15) is 27.7 Å². The highest BCUT2D eigenvalue weighted by Crippen LogP contribution is 2.03. The first-order valence-corrected chi connectivity index (χ1v) is 3.25. The van der Waals surface area contributed by atoms with E-state index in [0.717, 1.165) is 0 Å². The molecule has 0 spiro atoms. The lowest BCUT2D eigenvalue weighted by atomic mass is 10.3. The number of nitrogens with zero attached hydrogens (tertiary/aromatic N) is 2. The van der Waals surface area contributed by atoms with E-state index in [2.05, 4.69) is 4.95 Å². The molecule has 0 saturated heterocycles. The molecule has 0 rings (SSSR count). The summed E-state index contributed by atoms with van der Waals surface area (Å²) in [6.07, 6.45) is 0. The van der Waals surface area contributed by atoms with Gasteiger partial charge >= 0.3 is 0 Å². The third-order valence-corrected chi connectivity index (χ3v) is 1.17. The summed E-state index contributed by atoms with van der Waals surface area (Å²) in [4.78, 5) is 3.37. The molecule has 0 N–H and O–H groups in total. The van der Waals surface area contributed by atoms with Gasteiger partial charge in [0.05, 0.1) is 12.1 Å². The minimum atomic E-state index is 0.336. The van der Waals surface area contributed by atoms with E-state index in [1.54, 1.807) is 5.01 Å². The summed E-state index contributed by atoms with van der Waals surface area (Å²) in [5.74, 6) is 0. The van der Waals surface area contributed by atoms with Crippen molar-refractivity contribution >= 4 is 0 Å². The van der Waals surface area contributed by atoms with Crippen molar-refractivity contribution in [1.29, 1.82) is 0 Å². The SMILES string of the molecule is [C-]#[N+]N(C(C)C)C(C)C. The monoisotopic (exact) mass is 126 g/mol. The molecule has 0 aromatic carbocycles. The third-order valence-electron chi connectivity index (χ3n) is 1.17. The van der Waals surface area contributed by atoms with Gasteiger partial charge in [-0.2, -0.15) is 11.5 Å². The Morgan fingerprint density at radius 2 is 1.44 bits per heavy atom. The predicted octanol–water partition coefficient (Wildman–Crippen LogP) is 1.94. The smallest absolute Gasteiger partial charge is 0.0915 e. The molecule has 0 aliphatic carbocycles. The Morgan fingerprint density at radius 1 is 1.11 bits per heavy atom. The topological polar surface area (TPSA) is 7.60 Å². The fraction of sp³-hybridized carbons (Fsp3) is 0.857. The molecular weight excluding hydrogens is 112 g/mol. The summed E-state index contributed by atoms with van der Waals surface area (Å²) >= 11 is 0. The van der Waals surface area contributed by atoms with E-state index in [-0.39, 0.29) is 0 Å². The van der Waals surface area contributed by atoms with Crippen molar-refractivity contribution in [3.05, 3.63) is 11.5 Å². The highest BCUT2D eigenvalue weighted by Gasteiger charge is 2.14. The fourth-order valence-electron chi connectivity index (χ4n) is 0.827. The molecule has 0 saturated carbocycles. The molecule has 0 heterocycles. The van der Waals surface area contributed by atoms with Gasteiger partial charge in [-0.1, -0.05) is 0 Å². The Morgan fingerprint density at radius 3 is 1.44 bits per heavy atom. The molecule has 2 heteroatoms. The van der Waals surface area contributed by atoms with E-state index in [1.165, 1.54) is 0 Å². The average molecular weight is 126 g/mol. The summed E-state index contributed by atoms with van der Waals surface area (Å²) in [7, 11) is 0. The molecule has 0 atom stereocenters. The first-order chi connectivity index (χ1) is 4.09.